The molecule has 0 radical (unpaired) electrons. The van der Waals surface area contributed by atoms with Crippen molar-refractivity contribution in [2.45, 2.75) is 27.0 Å². The second-order valence-electron chi connectivity index (χ2n) is 4.57. The molecule has 1 heterocycles. The van der Waals surface area contributed by atoms with Crippen LogP contribution in [0.2, 0.25) is 0 Å². The molecule has 0 bridgehead atoms. The van der Waals surface area contributed by atoms with Gasteiger partial charge in [0.05, 0.1) is 12.3 Å². The Morgan fingerprint density at radius 1 is 1.40 bits per heavy atom. The number of ether oxygens (including phenoxy) is 1. The van der Waals surface area contributed by atoms with Crippen LogP contribution in [-0.4, -0.2) is 18.6 Å². The number of hydrogen-bond acceptors (Lipinski definition) is 4. The molecule has 20 heavy (non-hydrogen) atoms. The van der Waals surface area contributed by atoms with Crippen LogP contribution >= 0.6 is 11.3 Å². The van der Waals surface area contributed by atoms with Crippen LogP contribution in [0.3, 0.4) is 0 Å². The molecule has 0 saturated heterocycles. The molecule has 0 fully saturated rings. The van der Waals surface area contributed by atoms with Crippen LogP contribution < -0.4 is 5.32 Å². The maximum atomic E-state index is 13.3. The highest BCUT2D eigenvalue weighted by atomic mass is 32.1. The van der Waals surface area contributed by atoms with Gasteiger partial charge in [-0.3, -0.25) is 0 Å². The SMILES string of the molecule is CCNCc1sc(-c2ccc(F)c(C)c2)nc1COC. The summed E-state index contributed by atoms with van der Waals surface area (Å²) in [5, 5.41) is 4.21. The average molecular weight is 294 g/mol. The summed E-state index contributed by atoms with van der Waals surface area (Å²) in [6.07, 6.45) is 0. The Morgan fingerprint density at radius 2 is 2.20 bits per heavy atom. The first-order valence-corrected chi connectivity index (χ1v) is 7.42. The molecule has 1 N–H and O–H groups in total. The summed E-state index contributed by atoms with van der Waals surface area (Å²) in [5.41, 5.74) is 2.55. The summed E-state index contributed by atoms with van der Waals surface area (Å²) in [6, 6.07) is 5.10. The summed E-state index contributed by atoms with van der Waals surface area (Å²) < 4.78 is 18.5. The fraction of sp³-hybridized carbons (Fsp3) is 0.400. The van der Waals surface area contributed by atoms with E-state index in [2.05, 4.69) is 17.2 Å². The molecule has 3 nitrogen and oxygen atoms in total. The maximum Gasteiger partial charge on any atom is 0.126 e. The first-order valence-electron chi connectivity index (χ1n) is 6.60. The van der Waals surface area contributed by atoms with Gasteiger partial charge in [-0.2, -0.15) is 0 Å². The zero-order valence-electron chi connectivity index (χ0n) is 12.0. The van der Waals surface area contributed by atoms with Crippen molar-refractivity contribution < 1.29 is 9.13 Å². The lowest BCUT2D eigenvalue weighted by atomic mass is 10.1. The number of rotatable bonds is 6. The van der Waals surface area contributed by atoms with Crippen LogP contribution in [0.15, 0.2) is 18.2 Å². The van der Waals surface area contributed by atoms with E-state index >= 15 is 0 Å². The normalized spacial score (nSPS) is 11.0. The molecule has 0 spiro atoms. The minimum absolute atomic E-state index is 0.185. The molecule has 1 aromatic carbocycles. The zero-order chi connectivity index (χ0) is 14.5. The van der Waals surface area contributed by atoms with Crippen molar-refractivity contribution in [3.05, 3.63) is 40.2 Å². The second-order valence-corrected chi connectivity index (χ2v) is 5.65. The standard InChI is InChI=1S/C15H19FN2OS/c1-4-17-8-14-13(9-19-3)18-15(20-14)11-5-6-12(16)10(2)7-11/h5-7,17H,4,8-9H2,1-3H3. The van der Waals surface area contributed by atoms with Gasteiger partial charge in [-0.25, -0.2) is 9.37 Å². The number of nitrogens with zero attached hydrogens (tertiary/aromatic N) is 1. The molecule has 0 aliphatic carbocycles. The summed E-state index contributed by atoms with van der Waals surface area (Å²) in [7, 11) is 1.66. The molecule has 108 valence electrons. The number of nitrogens with one attached hydrogen (secondary N) is 1. The lowest BCUT2D eigenvalue weighted by molar-refractivity contribution is 0.181. The molecule has 0 aliphatic heterocycles. The molecule has 2 rings (SSSR count). The molecule has 0 atom stereocenters. The lowest BCUT2D eigenvalue weighted by Gasteiger charge is -2.00. The quantitative estimate of drug-likeness (QED) is 0.885. The van der Waals surface area contributed by atoms with Crippen LogP contribution in [0.25, 0.3) is 10.6 Å². The predicted molar refractivity (Wildman–Crippen MR) is 80.3 cm³/mol. The molecule has 2 aromatic rings. The third-order valence-corrected chi connectivity index (χ3v) is 4.15. The van der Waals surface area contributed by atoms with Crippen molar-refractivity contribution in [2.24, 2.45) is 0 Å². The number of benzene rings is 1. The van der Waals surface area contributed by atoms with E-state index in [4.69, 9.17) is 4.74 Å². The van der Waals surface area contributed by atoms with Gasteiger partial charge in [0, 0.05) is 24.1 Å². The van der Waals surface area contributed by atoms with Crippen LogP contribution in [-0.2, 0) is 17.9 Å². The zero-order valence-corrected chi connectivity index (χ0v) is 12.8. The number of thiazole rings is 1. The molecule has 5 heteroatoms. The average Bonchev–Trinajstić information content (AvgIpc) is 2.83. The Morgan fingerprint density at radius 3 is 2.85 bits per heavy atom. The Labute approximate surface area is 122 Å². The highest BCUT2D eigenvalue weighted by molar-refractivity contribution is 7.15. The fourth-order valence-electron chi connectivity index (χ4n) is 1.91. The van der Waals surface area contributed by atoms with E-state index in [-0.39, 0.29) is 5.82 Å². The predicted octanol–water partition coefficient (Wildman–Crippen LogP) is 3.51. The van der Waals surface area contributed by atoms with E-state index in [1.54, 1.807) is 31.4 Å². The second kappa shape index (κ2) is 6.92. The molecular formula is C15H19FN2OS. The topological polar surface area (TPSA) is 34.2 Å². The highest BCUT2D eigenvalue weighted by Gasteiger charge is 2.13. The van der Waals surface area contributed by atoms with Gasteiger partial charge < -0.3 is 10.1 Å². The monoisotopic (exact) mass is 294 g/mol. The first-order chi connectivity index (χ1) is 9.65. The van der Waals surface area contributed by atoms with Gasteiger partial charge in [-0.05, 0) is 37.2 Å². The number of aromatic nitrogens is 1. The molecule has 0 amide bonds. The fourth-order valence-corrected chi connectivity index (χ4v) is 2.94. The minimum atomic E-state index is -0.185. The van der Waals surface area contributed by atoms with Gasteiger partial charge >= 0.3 is 0 Å². The first kappa shape index (κ1) is 15.1. The highest BCUT2D eigenvalue weighted by Crippen LogP contribution is 2.29. The van der Waals surface area contributed by atoms with Gasteiger partial charge in [0.2, 0.25) is 0 Å². The molecule has 0 saturated carbocycles. The van der Waals surface area contributed by atoms with E-state index in [9.17, 15) is 4.39 Å². The number of methoxy groups -OCH3 is 1. The van der Waals surface area contributed by atoms with Crippen LogP contribution in [0.1, 0.15) is 23.1 Å². The van der Waals surface area contributed by atoms with E-state index in [1.165, 1.54) is 10.9 Å². The molecule has 1 aromatic heterocycles. The van der Waals surface area contributed by atoms with Gasteiger partial charge in [0.15, 0.2) is 0 Å². The Kier molecular flexibility index (Phi) is 5.23. The van der Waals surface area contributed by atoms with Gasteiger partial charge in [0.25, 0.3) is 0 Å². The number of halogens is 1. The lowest BCUT2D eigenvalue weighted by Crippen LogP contribution is -2.12. The number of aryl methyl sites for hydroxylation is 1. The van der Waals surface area contributed by atoms with Crippen molar-refractivity contribution in [2.75, 3.05) is 13.7 Å². The van der Waals surface area contributed by atoms with E-state index in [0.717, 1.165) is 29.4 Å². The van der Waals surface area contributed by atoms with Crippen LogP contribution in [0.4, 0.5) is 4.39 Å². The van der Waals surface area contributed by atoms with E-state index in [1.807, 2.05) is 6.07 Å². The summed E-state index contributed by atoms with van der Waals surface area (Å²) >= 11 is 1.63. The van der Waals surface area contributed by atoms with Crippen molar-refractivity contribution in [1.29, 1.82) is 0 Å². The van der Waals surface area contributed by atoms with Crippen molar-refractivity contribution in [3.63, 3.8) is 0 Å². The molecule has 0 aliphatic rings. The minimum Gasteiger partial charge on any atom is -0.378 e. The van der Waals surface area contributed by atoms with Gasteiger partial charge in [-0.1, -0.05) is 6.92 Å². The Bertz CT molecular complexity index is 583. The van der Waals surface area contributed by atoms with Crippen LogP contribution in [0.5, 0.6) is 0 Å². The van der Waals surface area contributed by atoms with Crippen molar-refractivity contribution in [3.8, 4) is 10.6 Å². The van der Waals surface area contributed by atoms with E-state index in [0.29, 0.717) is 12.2 Å². The van der Waals surface area contributed by atoms with Crippen molar-refractivity contribution in [1.82, 2.24) is 10.3 Å². The summed E-state index contributed by atoms with van der Waals surface area (Å²) in [5.74, 6) is -0.185. The maximum absolute atomic E-state index is 13.3. The third kappa shape index (κ3) is 3.42. The molecular weight excluding hydrogens is 275 g/mol. The van der Waals surface area contributed by atoms with Crippen molar-refractivity contribution >= 4 is 11.3 Å². The smallest absolute Gasteiger partial charge is 0.126 e. The van der Waals surface area contributed by atoms with Gasteiger partial charge in [-0.15, -0.1) is 11.3 Å². The third-order valence-electron chi connectivity index (χ3n) is 3.00. The summed E-state index contributed by atoms with van der Waals surface area (Å²) in [4.78, 5) is 5.80. The summed E-state index contributed by atoms with van der Waals surface area (Å²) in [6.45, 7) is 6.03. The van der Waals surface area contributed by atoms with E-state index < -0.39 is 0 Å². The van der Waals surface area contributed by atoms with Gasteiger partial charge in [0.1, 0.15) is 10.8 Å². The molecule has 0 unspecified atom stereocenters. The number of hydrogen-bond donors (Lipinski definition) is 1. The van der Waals surface area contributed by atoms with Crippen LogP contribution in [0, 0.1) is 12.7 Å². The Balaban J connectivity index is 2.33. The Hall–Kier alpha value is -1.30. The largest absolute Gasteiger partial charge is 0.378 e.